The van der Waals surface area contributed by atoms with Crippen LogP contribution in [0.4, 0.5) is 0 Å². The van der Waals surface area contributed by atoms with Crippen LogP contribution in [-0.4, -0.2) is 22.4 Å². The molecule has 4 heteroatoms. The third-order valence-corrected chi connectivity index (χ3v) is 1.83. The Balaban J connectivity index is 2.84. The summed E-state index contributed by atoms with van der Waals surface area (Å²) in [4.78, 5) is 0. The van der Waals surface area contributed by atoms with Crippen molar-refractivity contribution in [2.24, 2.45) is 0 Å². The van der Waals surface area contributed by atoms with Crippen LogP contribution < -0.4 is 4.74 Å². The van der Waals surface area contributed by atoms with Crippen molar-refractivity contribution < 1.29 is 9.84 Å². The number of hydrogen-bond acceptors (Lipinski definition) is 4. The SMILES string of the molecule is COc1nnc(O)c2ccccc12. The minimum absolute atomic E-state index is 0.0728. The number of aromatic hydroxyl groups is 1. The summed E-state index contributed by atoms with van der Waals surface area (Å²) in [5.74, 6) is 0.352. The Bertz CT molecular complexity index is 443. The number of rotatable bonds is 1. The maximum absolute atomic E-state index is 9.36. The van der Waals surface area contributed by atoms with Crippen molar-refractivity contribution in [3.05, 3.63) is 24.3 Å². The topological polar surface area (TPSA) is 55.2 Å². The molecule has 0 aliphatic carbocycles. The van der Waals surface area contributed by atoms with Crippen molar-refractivity contribution in [2.45, 2.75) is 0 Å². The number of benzene rings is 1. The third kappa shape index (κ3) is 1.16. The number of aromatic nitrogens is 2. The van der Waals surface area contributed by atoms with Gasteiger partial charge in [-0.05, 0) is 12.1 Å². The molecule has 4 nitrogen and oxygen atoms in total. The highest BCUT2D eigenvalue weighted by atomic mass is 16.5. The van der Waals surface area contributed by atoms with E-state index in [1.165, 1.54) is 7.11 Å². The van der Waals surface area contributed by atoms with E-state index in [4.69, 9.17) is 4.74 Å². The second-order valence-corrected chi connectivity index (χ2v) is 2.58. The Morgan fingerprint density at radius 1 is 1.15 bits per heavy atom. The lowest BCUT2D eigenvalue weighted by molar-refractivity contribution is 0.388. The molecular weight excluding hydrogens is 168 g/mol. The van der Waals surface area contributed by atoms with Crippen LogP contribution in [0, 0.1) is 0 Å². The number of ether oxygens (including phenoxy) is 1. The molecule has 0 spiro atoms. The van der Waals surface area contributed by atoms with E-state index < -0.39 is 0 Å². The minimum Gasteiger partial charge on any atom is -0.492 e. The molecule has 0 bridgehead atoms. The molecule has 1 heterocycles. The average Bonchev–Trinajstić information content (AvgIpc) is 2.19. The molecule has 13 heavy (non-hydrogen) atoms. The molecule has 0 fully saturated rings. The van der Waals surface area contributed by atoms with E-state index in [0.29, 0.717) is 11.3 Å². The largest absolute Gasteiger partial charge is 0.492 e. The van der Waals surface area contributed by atoms with Crippen LogP contribution in [0.2, 0.25) is 0 Å². The van der Waals surface area contributed by atoms with Gasteiger partial charge in [-0.1, -0.05) is 12.1 Å². The fourth-order valence-electron chi connectivity index (χ4n) is 1.22. The van der Waals surface area contributed by atoms with Crippen LogP contribution in [0.5, 0.6) is 11.8 Å². The summed E-state index contributed by atoms with van der Waals surface area (Å²) < 4.78 is 5.00. The first-order valence-corrected chi connectivity index (χ1v) is 3.81. The Labute approximate surface area is 74.8 Å². The zero-order valence-electron chi connectivity index (χ0n) is 7.06. The Morgan fingerprint density at radius 2 is 1.85 bits per heavy atom. The lowest BCUT2D eigenvalue weighted by Crippen LogP contribution is -1.92. The standard InChI is InChI=1S/C9H8N2O2/c1-13-9-7-5-3-2-4-6(7)8(12)10-11-9/h2-5H,1H3,(H,10,12). The molecule has 0 saturated carbocycles. The fourth-order valence-corrected chi connectivity index (χ4v) is 1.22. The first-order valence-electron chi connectivity index (χ1n) is 3.81. The van der Waals surface area contributed by atoms with Gasteiger partial charge in [0.05, 0.1) is 17.9 Å². The maximum atomic E-state index is 9.36. The normalized spacial score (nSPS) is 10.2. The molecule has 0 radical (unpaired) electrons. The van der Waals surface area contributed by atoms with E-state index in [-0.39, 0.29) is 5.88 Å². The van der Waals surface area contributed by atoms with Gasteiger partial charge in [0, 0.05) is 0 Å². The van der Waals surface area contributed by atoms with Gasteiger partial charge in [0.2, 0.25) is 11.8 Å². The Kier molecular flexibility index (Phi) is 1.73. The van der Waals surface area contributed by atoms with Gasteiger partial charge in [0.25, 0.3) is 0 Å². The second kappa shape index (κ2) is 2.90. The summed E-state index contributed by atoms with van der Waals surface area (Å²) in [7, 11) is 1.52. The highest BCUT2D eigenvalue weighted by molar-refractivity contribution is 5.89. The van der Waals surface area contributed by atoms with E-state index in [2.05, 4.69) is 10.2 Å². The van der Waals surface area contributed by atoms with E-state index in [1.54, 1.807) is 6.07 Å². The predicted molar refractivity (Wildman–Crippen MR) is 47.8 cm³/mol. The van der Waals surface area contributed by atoms with E-state index >= 15 is 0 Å². The zero-order valence-corrected chi connectivity index (χ0v) is 7.06. The number of nitrogens with zero attached hydrogens (tertiary/aromatic N) is 2. The molecule has 0 aliphatic heterocycles. The molecule has 0 saturated heterocycles. The van der Waals surface area contributed by atoms with Gasteiger partial charge in [0.1, 0.15) is 0 Å². The molecule has 2 rings (SSSR count). The van der Waals surface area contributed by atoms with Gasteiger partial charge < -0.3 is 9.84 Å². The van der Waals surface area contributed by atoms with Crippen molar-refractivity contribution in [3.8, 4) is 11.8 Å². The van der Waals surface area contributed by atoms with Crippen LogP contribution in [0.1, 0.15) is 0 Å². The molecule has 0 aliphatic rings. The summed E-state index contributed by atoms with van der Waals surface area (Å²) in [5.41, 5.74) is 0. The van der Waals surface area contributed by atoms with Crippen molar-refractivity contribution in [2.75, 3.05) is 7.11 Å². The number of hydrogen-bond donors (Lipinski definition) is 1. The van der Waals surface area contributed by atoms with Crippen LogP contribution in [0.25, 0.3) is 10.8 Å². The Morgan fingerprint density at radius 3 is 2.54 bits per heavy atom. The van der Waals surface area contributed by atoms with Crippen LogP contribution in [0.3, 0.4) is 0 Å². The van der Waals surface area contributed by atoms with Gasteiger partial charge in [-0.3, -0.25) is 0 Å². The predicted octanol–water partition coefficient (Wildman–Crippen LogP) is 1.34. The van der Waals surface area contributed by atoms with Crippen LogP contribution in [-0.2, 0) is 0 Å². The molecule has 1 N–H and O–H groups in total. The fraction of sp³-hybridized carbons (Fsp3) is 0.111. The number of fused-ring (bicyclic) bond motifs is 1. The van der Waals surface area contributed by atoms with Gasteiger partial charge in [-0.25, -0.2) is 0 Å². The molecular formula is C9H8N2O2. The van der Waals surface area contributed by atoms with E-state index in [0.717, 1.165) is 5.39 Å². The van der Waals surface area contributed by atoms with E-state index in [1.807, 2.05) is 18.2 Å². The minimum atomic E-state index is -0.0728. The van der Waals surface area contributed by atoms with Crippen LogP contribution in [0.15, 0.2) is 24.3 Å². The monoisotopic (exact) mass is 176 g/mol. The average molecular weight is 176 g/mol. The first-order chi connectivity index (χ1) is 6.33. The molecule has 1 aromatic carbocycles. The highest BCUT2D eigenvalue weighted by Crippen LogP contribution is 2.27. The molecule has 66 valence electrons. The van der Waals surface area contributed by atoms with Crippen molar-refractivity contribution >= 4 is 10.8 Å². The van der Waals surface area contributed by atoms with E-state index in [9.17, 15) is 5.11 Å². The third-order valence-electron chi connectivity index (χ3n) is 1.83. The smallest absolute Gasteiger partial charge is 0.241 e. The summed E-state index contributed by atoms with van der Waals surface area (Å²) in [5, 5.41) is 18.0. The lowest BCUT2D eigenvalue weighted by Gasteiger charge is -2.03. The summed E-state index contributed by atoms with van der Waals surface area (Å²) in [6.07, 6.45) is 0. The molecule has 0 atom stereocenters. The molecule has 1 aromatic heterocycles. The second-order valence-electron chi connectivity index (χ2n) is 2.58. The summed E-state index contributed by atoms with van der Waals surface area (Å²) in [6.45, 7) is 0. The summed E-state index contributed by atoms with van der Waals surface area (Å²) in [6, 6.07) is 7.26. The van der Waals surface area contributed by atoms with Gasteiger partial charge in [-0.15, -0.1) is 10.2 Å². The summed E-state index contributed by atoms with van der Waals surface area (Å²) >= 11 is 0. The number of methoxy groups -OCH3 is 1. The van der Waals surface area contributed by atoms with Crippen molar-refractivity contribution in [3.63, 3.8) is 0 Å². The lowest BCUT2D eigenvalue weighted by atomic mass is 10.2. The van der Waals surface area contributed by atoms with Gasteiger partial charge in [0.15, 0.2) is 0 Å². The first kappa shape index (κ1) is 7.79. The highest BCUT2D eigenvalue weighted by Gasteiger charge is 2.06. The van der Waals surface area contributed by atoms with Crippen LogP contribution >= 0.6 is 0 Å². The maximum Gasteiger partial charge on any atom is 0.241 e. The van der Waals surface area contributed by atoms with Crippen molar-refractivity contribution in [1.29, 1.82) is 0 Å². The quantitative estimate of drug-likeness (QED) is 0.712. The van der Waals surface area contributed by atoms with Gasteiger partial charge in [-0.2, -0.15) is 0 Å². The zero-order chi connectivity index (χ0) is 9.26. The molecule has 0 amide bonds. The molecule has 0 unspecified atom stereocenters. The van der Waals surface area contributed by atoms with Crippen molar-refractivity contribution in [1.82, 2.24) is 10.2 Å². The Hall–Kier alpha value is -1.84. The van der Waals surface area contributed by atoms with Gasteiger partial charge >= 0.3 is 0 Å². The molecule has 2 aromatic rings.